The summed E-state index contributed by atoms with van der Waals surface area (Å²) >= 11 is 0. The first-order chi connectivity index (χ1) is 14.3. The number of nitrogens with zero attached hydrogens (tertiary/aromatic N) is 3. The molecule has 2 aliphatic rings. The molecule has 0 radical (unpaired) electrons. The van der Waals surface area contributed by atoms with E-state index in [2.05, 4.69) is 10.4 Å². The summed E-state index contributed by atoms with van der Waals surface area (Å²) in [7, 11) is 0. The summed E-state index contributed by atoms with van der Waals surface area (Å²) in [5.41, 5.74) is 1.33. The first-order valence-corrected chi connectivity index (χ1v) is 9.62. The predicted molar refractivity (Wildman–Crippen MR) is 110 cm³/mol. The van der Waals surface area contributed by atoms with Crippen LogP contribution in [-0.2, 0) is 4.79 Å². The number of nitrogens with one attached hydrogen (secondary N) is 1. The van der Waals surface area contributed by atoms with Crippen LogP contribution >= 0.6 is 0 Å². The molecule has 0 spiro atoms. The van der Waals surface area contributed by atoms with Crippen LogP contribution in [0.5, 0.6) is 0 Å². The van der Waals surface area contributed by atoms with E-state index in [0.717, 1.165) is 0 Å². The normalized spacial score (nSPS) is 15.7. The Labute approximate surface area is 173 Å². The minimum absolute atomic E-state index is 0.0365. The summed E-state index contributed by atoms with van der Waals surface area (Å²) in [5.74, 6) is -1.14. The van der Waals surface area contributed by atoms with Crippen molar-refractivity contribution in [1.29, 1.82) is 0 Å². The average Bonchev–Trinajstić information content (AvgIpc) is 3.20. The third kappa shape index (κ3) is 3.47. The average molecular weight is 404 g/mol. The van der Waals surface area contributed by atoms with Crippen molar-refractivity contribution >= 4 is 35.2 Å². The molecule has 8 heteroatoms. The van der Waals surface area contributed by atoms with E-state index in [1.807, 2.05) is 19.9 Å². The standard InChI is InChI=1S/C22H20N4O4/c1-13(2)12-25-21(29)16-9-8-14(10-17(16)22(25)30)20(28)23-18-11-19(27)26(24-18)15-6-4-3-5-7-15/h3-10,13H,11-12H2,1-2H3,(H,23,24,28). The van der Waals surface area contributed by atoms with Crippen LogP contribution in [0.3, 0.4) is 0 Å². The monoisotopic (exact) mass is 404 g/mol. The summed E-state index contributed by atoms with van der Waals surface area (Å²) in [6.45, 7) is 4.16. The molecular weight excluding hydrogens is 384 g/mol. The molecule has 0 atom stereocenters. The number of hydrogen-bond acceptors (Lipinski definition) is 5. The molecule has 2 aromatic rings. The van der Waals surface area contributed by atoms with E-state index in [0.29, 0.717) is 17.8 Å². The van der Waals surface area contributed by atoms with Gasteiger partial charge in [0.1, 0.15) is 5.84 Å². The van der Waals surface area contributed by atoms with Crippen LogP contribution in [0.4, 0.5) is 5.69 Å². The lowest BCUT2D eigenvalue weighted by atomic mass is 10.1. The summed E-state index contributed by atoms with van der Waals surface area (Å²) < 4.78 is 0. The summed E-state index contributed by atoms with van der Waals surface area (Å²) in [5, 5.41) is 8.05. The van der Waals surface area contributed by atoms with Gasteiger partial charge in [-0.1, -0.05) is 32.0 Å². The number of anilines is 1. The van der Waals surface area contributed by atoms with Crippen molar-refractivity contribution in [1.82, 2.24) is 10.2 Å². The lowest BCUT2D eigenvalue weighted by molar-refractivity contribution is -0.116. The second-order valence-corrected chi connectivity index (χ2v) is 7.59. The molecule has 0 unspecified atom stereocenters. The van der Waals surface area contributed by atoms with Gasteiger partial charge in [-0.25, -0.2) is 0 Å². The predicted octanol–water partition coefficient (Wildman–Crippen LogP) is 2.42. The number of hydrazone groups is 1. The zero-order chi connectivity index (χ0) is 21.4. The van der Waals surface area contributed by atoms with Gasteiger partial charge in [0.25, 0.3) is 23.6 Å². The van der Waals surface area contributed by atoms with E-state index in [-0.39, 0.29) is 41.1 Å². The number of hydrogen-bond donors (Lipinski definition) is 1. The highest BCUT2D eigenvalue weighted by atomic mass is 16.2. The number of rotatable bonds is 4. The van der Waals surface area contributed by atoms with Gasteiger partial charge < -0.3 is 5.32 Å². The van der Waals surface area contributed by atoms with Gasteiger partial charge in [-0.05, 0) is 36.2 Å². The summed E-state index contributed by atoms with van der Waals surface area (Å²) in [6.07, 6.45) is -0.0365. The Balaban J connectivity index is 1.52. The molecule has 8 nitrogen and oxygen atoms in total. The van der Waals surface area contributed by atoms with Crippen molar-refractivity contribution in [3.05, 3.63) is 65.2 Å². The molecule has 2 heterocycles. The SMILES string of the molecule is CC(C)CN1C(=O)c2ccc(C(=O)NC3=NN(c4ccccc4)C(=O)C3)cc2C1=O. The van der Waals surface area contributed by atoms with E-state index in [4.69, 9.17) is 0 Å². The molecule has 0 fully saturated rings. The lowest BCUT2D eigenvalue weighted by Gasteiger charge is -2.15. The van der Waals surface area contributed by atoms with E-state index < -0.39 is 11.8 Å². The Morgan fingerprint density at radius 2 is 1.73 bits per heavy atom. The molecular formula is C22H20N4O4. The Morgan fingerprint density at radius 1 is 1.03 bits per heavy atom. The van der Waals surface area contributed by atoms with Gasteiger partial charge in [0.2, 0.25) is 0 Å². The number of carbonyl (C=O) groups is 4. The first-order valence-electron chi connectivity index (χ1n) is 9.62. The molecule has 2 aromatic carbocycles. The van der Waals surface area contributed by atoms with Crippen LogP contribution in [0.2, 0.25) is 0 Å². The van der Waals surface area contributed by atoms with Gasteiger partial charge >= 0.3 is 0 Å². The quantitative estimate of drug-likeness (QED) is 0.791. The largest absolute Gasteiger partial charge is 0.308 e. The maximum Gasteiger partial charge on any atom is 0.261 e. The van der Waals surface area contributed by atoms with Gasteiger partial charge in [0.15, 0.2) is 0 Å². The minimum Gasteiger partial charge on any atom is -0.308 e. The third-order valence-corrected chi connectivity index (χ3v) is 4.81. The van der Waals surface area contributed by atoms with Crippen molar-refractivity contribution in [2.45, 2.75) is 20.3 Å². The Bertz CT molecular complexity index is 1090. The zero-order valence-corrected chi connectivity index (χ0v) is 16.6. The Kier molecular flexibility index (Phi) is 4.91. The topological polar surface area (TPSA) is 99.2 Å². The highest BCUT2D eigenvalue weighted by Gasteiger charge is 2.36. The molecule has 0 aromatic heterocycles. The number of amidine groups is 1. The van der Waals surface area contributed by atoms with E-state index in [1.54, 1.807) is 24.3 Å². The second-order valence-electron chi connectivity index (χ2n) is 7.59. The highest BCUT2D eigenvalue weighted by Crippen LogP contribution is 2.25. The molecule has 0 bridgehead atoms. The number of para-hydroxylation sites is 1. The van der Waals surface area contributed by atoms with Crippen molar-refractivity contribution in [3.8, 4) is 0 Å². The number of amides is 4. The smallest absolute Gasteiger partial charge is 0.261 e. The Morgan fingerprint density at radius 3 is 2.43 bits per heavy atom. The summed E-state index contributed by atoms with van der Waals surface area (Å²) in [4.78, 5) is 51.2. The fourth-order valence-corrected chi connectivity index (χ4v) is 3.44. The van der Waals surface area contributed by atoms with Crippen LogP contribution in [0.15, 0.2) is 53.6 Å². The van der Waals surface area contributed by atoms with Gasteiger partial charge in [-0.15, -0.1) is 0 Å². The summed E-state index contributed by atoms with van der Waals surface area (Å²) in [6, 6.07) is 13.3. The number of carbonyl (C=O) groups excluding carboxylic acids is 4. The van der Waals surface area contributed by atoms with Gasteiger partial charge in [0.05, 0.1) is 23.2 Å². The van der Waals surface area contributed by atoms with Crippen molar-refractivity contribution in [2.24, 2.45) is 11.0 Å². The van der Waals surface area contributed by atoms with Crippen LogP contribution in [0, 0.1) is 5.92 Å². The van der Waals surface area contributed by atoms with E-state index >= 15 is 0 Å². The van der Waals surface area contributed by atoms with Crippen LogP contribution in [-0.4, -0.2) is 40.9 Å². The third-order valence-electron chi connectivity index (χ3n) is 4.81. The molecule has 0 saturated heterocycles. The van der Waals surface area contributed by atoms with Gasteiger partial charge in [0, 0.05) is 12.1 Å². The molecule has 152 valence electrons. The van der Waals surface area contributed by atoms with Gasteiger partial charge in [-0.2, -0.15) is 10.1 Å². The first kappa shape index (κ1) is 19.5. The molecule has 4 rings (SSSR count). The fourth-order valence-electron chi connectivity index (χ4n) is 3.44. The van der Waals surface area contributed by atoms with Crippen LogP contribution in [0.25, 0.3) is 0 Å². The van der Waals surface area contributed by atoms with Crippen molar-refractivity contribution < 1.29 is 19.2 Å². The molecule has 0 aliphatic carbocycles. The fraction of sp³-hybridized carbons (Fsp3) is 0.227. The maximum absolute atomic E-state index is 12.7. The van der Waals surface area contributed by atoms with Crippen molar-refractivity contribution in [2.75, 3.05) is 11.6 Å². The number of fused-ring (bicyclic) bond motifs is 1. The maximum atomic E-state index is 12.7. The van der Waals surface area contributed by atoms with E-state index in [1.165, 1.54) is 28.1 Å². The number of imide groups is 1. The second kappa shape index (κ2) is 7.55. The number of benzene rings is 2. The molecule has 0 saturated carbocycles. The minimum atomic E-state index is -0.498. The molecule has 30 heavy (non-hydrogen) atoms. The van der Waals surface area contributed by atoms with Crippen molar-refractivity contribution in [3.63, 3.8) is 0 Å². The lowest BCUT2D eigenvalue weighted by Crippen LogP contribution is -2.33. The van der Waals surface area contributed by atoms with E-state index in [9.17, 15) is 19.2 Å². The zero-order valence-electron chi connectivity index (χ0n) is 16.6. The Hall–Kier alpha value is -3.81. The van der Waals surface area contributed by atoms with Crippen LogP contribution in [0.1, 0.15) is 51.3 Å². The highest BCUT2D eigenvalue weighted by molar-refractivity contribution is 6.23. The molecule has 2 aliphatic heterocycles. The molecule has 4 amide bonds. The van der Waals surface area contributed by atoms with Crippen LogP contribution < -0.4 is 10.3 Å². The molecule has 1 N–H and O–H groups in total. The van der Waals surface area contributed by atoms with Gasteiger partial charge in [-0.3, -0.25) is 24.1 Å².